The van der Waals surface area contributed by atoms with Gasteiger partial charge in [0, 0.05) is 10.3 Å². The molecule has 0 spiro atoms. The van der Waals surface area contributed by atoms with Crippen molar-refractivity contribution in [3.63, 3.8) is 0 Å². The SMILES string of the molecule is CSc1cccc(C(C)(C)CO)c1. The minimum Gasteiger partial charge on any atom is -0.395 e. The first-order valence-electron chi connectivity index (χ1n) is 4.35. The van der Waals surface area contributed by atoms with Crippen LogP contribution < -0.4 is 0 Å². The molecule has 1 rings (SSSR count). The monoisotopic (exact) mass is 196 g/mol. The van der Waals surface area contributed by atoms with Gasteiger partial charge in [-0.2, -0.15) is 0 Å². The first-order chi connectivity index (χ1) is 6.10. The Kier molecular flexibility index (Phi) is 3.40. The van der Waals surface area contributed by atoms with Crippen molar-refractivity contribution in [2.75, 3.05) is 12.9 Å². The summed E-state index contributed by atoms with van der Waals surface area (Å²) in [6, 6.07) is 8.33. The van der Waals surface area contributed by atoms with E-state index in [1.54, 1.807) is 11.8 Å². The zero-order valence-corrected chi connectivity index (χ0v) is 9.19. The summed E-state index contributed by atoms with van der Waals surface area (Å²) in [5.41, 5.74) is 1.06. The second-order valence-corrected chi connectivity index (χ2v) is 4.65. The van der Waals surface area contributed by atoms with Crippen LogP contribution in [0.1, 0.15) is 19.4 Å². The standard InChI is InChI=1S/C11H16OS/c1-11(2,8-12)9-5-4-6-10(7-9)13-3/h4-7,12H,8H2,1-3H3. The number of thioether (sulfide) groups is 1. The zero-order chi connectivity index (χ0) is 9.90. The van der Waals surface area contributed by atoms with Crippen molar-refractivity contribution in [1.82, 2.24) is 0 Å². The average molecular weight is 196 g/mol. The van der Waals surface area contributed by atoms with Crippen LogP contribution >= 0.6 is 11.8 Å². The van der Waals surface area contributed by atoms with Crippen LogP contribution in [0.4, 0.5) is 0 Å². The molecule has 0 amide bonds. The smallest absolute Gasteiger partial charge is 0.0522 e. The lowest BCUT2D eigenvalue weighted by atomic mass is 9.86. The Morgan fingerprint density at radius 1 is 1.38 bits per heavy atom. The fourth-order valence-electron chi connectivity index (χ4n) is 1.14. The molecule has 0 saturated carbocycles. The lowest BCUT2D eigenvalue weighted by molar-refractivity contribution is 0.218. The van der Waals surface area contributed by atoms with Crippen LogP contribution in [0.5, 0.6) is 0 Å². The summed E-state index contributed by atoms with van der Waals surface area (Å²) in [6.45, 7) is 4.28. The van der Waals surface area contributed by atoms with Crippen molar-refractivity contribution in [1.29, 1.82) is 0 Å². The maximum atomic E-state index is 9.20. The molecule has 1 aromatic rings. The molecule has 13 heavy (non-hydrogen) atoms. The second kappa shape index (κ2) is 4.16. The van der Waals surface area contributed by atoms with E-state index in [1.165, 1.54) is 10.5 Å². The van der Waals surface area contributed by atoms with Gasteiger partial charge in [0.1, 0.15) is 0 Å². The summed E-state index contributed by atoms with van der Waals surface area (Å²) in [4.78, 5) is 1.25. The summed E-state index contributed by atoms with van der Waals surface area (Å²) >= 11 is 1.73. The van der Waals surface area contributed by atoms with Crippen LogP contribution in [-0.4, -0.2) is 18.0 Å². The van der Waals surface area contributed by atoms with Crippen LogP contribution in [-0.2, 0) is 5.41 Å². The molecule has 0 aromatic heterocycles. The van der Waals surface area contributed by atoms with E-state index in [0.717, 1.165) is 0 Å². The molecule has 0 heterocycles. The Labute approximate surface area is 84.2 Å². The summed E-state index contributed by atoms with van der Waals surface area (Å²) in [7, 11) is 0. The van der Waals surface area contributed by atoms with Gasteiger partial charge in [-0.3, -0.25) is 0 Å². The van der Waals surface area contributed by atoms with E-state index in [0.29, 0.717) is 0 Å². The highest BCUT2D eigenvalue weighted by molar-refractivity contribution is 7.98. The number of aliphatic hydroxyl groups is 1. The third-order valence-electron chi connectivity index (χ3n) is 2.25. The van der Waals surface area contributed by atoms with Crippen molar-refractivity contribution < 1.29 is 5.11 Å². The Morgan fingerprint density at radius 2 is 2.08 bits per heavy atom. The first kappa shape index (κ1) is 10.6. The molecular weight excluding hydrogens is 180 g/mol. The predicted octanol–water partition coefficient (Wildman–Crippen LogP) is 2.68. The van der Waals surface area contributed by atoms with Gasteiger partial charge in [0.15, 0.2) is 0 Å². The fraction of sp³-hybridized carbons (Fsp3) is 0.455. The molecule has 0 aliphatic heterocycles. The number of hydrogen-bond donors (Lipinski definition) is 1. The Hall–Kier alpha value is -0.470. The van der Waals surface area contributed by atoms with Gasteiger partial charge in [-0.1, -0.05) is 26.0 Å². The normalized spacial score (nSPS) is 11.7. The fourth-order valence-corrected chi connectivity index (χ4v) is 1.59. The highest BCUT2D eigenvalue weighted by Crippen LogP contribution is 2.25. The lowest BCUT2D eigenvalue weighted by Gasteiger charge is -2.22. The maximum absolute atomic E-state index is 9.20. The summed E-state index contributed by atoms with van der Waals surface area (Å²) in [5, 5.41) is 9.20. The molecule has 0 radical (unpaired) electrons. The summed E-state index contributed by atoms with van der Waals surface area (Å²) in [6.07, 6.45) is 2.06. The van der Waals surface area contributed by atoms with Crippen molar-refractivity contribution >= 4 is 11.8 Å². The largest absolute Gasteiger partial charge is 0.395 e. The van der Waals surface area contributed by atoms with Crippen molar-refractivity contribution in [3.05, 3.63) is 29.8 Å². The van der Waals surface area contributed by atoms with Crippen LogP contribution in [0, 0.1) is 0 Å². The van der Waals surface area contributed by atoms with Crippen molar-refractivity contribution in [3.8, 4) is 0 Å². The molecule has 0 fully saturated rings. The van der Waals surface area contributed by atoms with E-state index >= 15 is 0 Å². The van der Waals surface area contributed by atoms with Crippen molar-refractivity contribution in [2.24, 2.45) is 0 Å². The minimum absolute atomic E-state index is 0.133. The van der Waals surface area contributed by atoms with Gasteiger partial charge in [-0.15, -0.1) is 11.8 Å². The van der Waals surface area contributed by atoms with Gasteiger partial charge >= 0.3 is 0 Å². The quantitative estimate of drug-likeness (QED) is 0.750. The van der Waals surface area contributed by atoms with E-state index in [9.17, 15) is 5.11 Å². The molecule has 0 saturated heterocycles. The average Bonchev–Trinajstić information content (AvgIpc) is 2.18. The molecule has 0 bridgehead atoms. The van der Waals surface area contributed by atoms with Gasteiger partial charge in [0.2, 0.25) is 0 Å². The van der Waals surface area contributed by atoms with Gasteiger partial charge in [0.05, 0.1) is 6.61 Å². The summed E-state index contributed by atoms with van der Waals surface area (Å²) < 4.78 is 0. The molecule has 1 nitrogen and oxygen atoms in total. The maximum Gasteiger partial charge on any atom is 0.0522 e. The van der Waals surface area contributed by atoms with Crippen LogP contribution in [0.15, 0.2) is 29.2 Å². The minimum atomic E-state index is -0.133. The highest BCUT2D eigenvalue weighted by Gasteiger charge is 2.18. The van der Waals surface area contributed by atoms with Crippen LogP contribution in [0.3, 0.4) is 0 Å². The third kappa shape index (κ3) is 2.48. The second-order valence-electron chi connectivity index (χ2n) is 3.77. The Morgan fingerprint density at radius 3 is 2.62 bits per heavy atom. The summed E-state index contributed by atoms with van der Waals surface area (Å²) in [5.74, 6) is 0. The molecular formula is C11H16OS. The molecule has 1 aromatic carbocycles. The van der Waals surface area contributed by atoms with E-state index in [1.807, 2.05) is 19.9 Å². The van der Waals surface area contributed by atoms with Gasteiger partial charge in [-0.25, -0.2) is 0 Å². The topological polar surface area (TPSA) is 20.2 Å². The number of hydrogen-bond acceptors (Lipinski definition) is 2. The van der Waals surface area contributed by atoms with Crippen LogP contribution in [0.2, 0.25) is 0 Å². The number of aliphatic hydroxyl groups excluding tert-OH is 1. The number of rotatable bonds is 3. The molecule has 0 unspecified atom stereocenters. The van der Waals surface area contributed by atoms with Gasteiger partial charge in [-0.05, 0) is 24.0 Å². The lowest BCUT2D eigenvalue weighted by Crippen LogP contribution is -2.21. The third-order valence-corrected chi connectivity index (χ3v) is 2.97. The molecule has 0 atom stereocenters. The van der Waals surface area contributed by atoms with Gasteiger partial charge < -0.3 is 5.11 Å². The molecule has 0 aliphatic rings. The zero-order valence-electron chi connectivity index (χ0n) is 8.37. The van der Waals surface area contributed by atoms with E-state index in [-0.39, 0.29) is 12.0 Å². The van der Waals surface area contributed by atoms with E-state index < -0.39 is 0 Å². The highest BCUT2D eigenvalue weighted by atomic mass is 32.2. The van der Waals surface area contributed by atoms with Crippen molar-refractivity contribution in [2.45, 2.75) is 24.2 Å². The van der Waals surface area contributed by atoms with E-state index in [4.69, 9.17) is 0 Å². The predicted molar refractivity (Wildman–Crippen MR) is 58.3 cm³/mol. The van der Waals surface area contributed by atoms with Crippen LogP contribution in [0.25, 0.3) is 0 Å². The Balaban J connectivity index is 3.01. The Bertz CT molecular complexity index is 281. The number of benzene rings is 1. The molecule has 1 N–H and O–H groups in total. The molecule has 72 valence electrons. The molecule has 0 aliphatic carbocycles. The first-order valence-corrected chi connectivity index (χ1v) is 5.58. The van der Waals surface area contributed by atoms with Gasteiger partial charge in [0.25, 0.3) is 0 Å². The van der Waals surface area contributed by atoms with E-state index in [2.05, 4.69) is 24.5 Å². The molecule has 2 heteroatoms.